The summed E-state index contributed by atoms with van der Waals surface area (Å²) in [5, 5.41) is 8.44. The van der Waals surface area contributed by atoms with Crippen LogP contribution in [0.1, 0.15) is 43.9 Å². The number of aromatic nitrogens is 1. The first-order valence-corrected chi connectivity index (χ1v) is 9.66. The van der Waals surface area contributed by atoms with Crippen LogP contribution in [0.15, 0.2) is 34.9 Å². The molecule has 0 spiro atoms. The fraction of sp³-hybridized carbons (Fsp3) is 0.450. The Labute approximate surface area is 172 Å². The number of rotatable bonds is 9. The molecule has 0 aliphatic carbocycles. The zero-order valence-electron chi connectivity index (χ0n) is 16.9. The molecule has 2 N–H and O–H groups in total. The monoisotopic (exact) mass is 426 g/mol. The number of nitrogens with zero attached hydrogens (tertiary/aromatic N) is 2. The molecule has 0 fully saturated rings. The van der Waals surface area contributed by atoms with Crippen LogP contribution in [-0.2, 0) is 11.0 Å². The van der Waals surface area contributed by atoms with Crippen LogP contribution in [0.3, 0.4) is 0 Å². The number of halogens is 3. The lowest BCUT2D eigenvalue weighted by molar-refractivity contribution is -0.137. The van der Waals surface area contributed by atoms with Crippen molar-refractivity contribution in [2.45, 2.75) is 45.7 Å². The van der Waals surface area contributed by atoms with Crippen LogP contribution in [0.5, 0.6) is 0 Å². The number of benzene rings is 1. The first-order valence-electron chi connectivity index (χ1n) is 9.66. The molecular weight excluding hydrogens is 401 g/mol. The van der Waals surface area contributed by atoms with E-state index in [0.29, 0.717) is 12.2 Å². The van der Waals surface area contributed by atoms with E-state index in [9.17, 15) is 22.8 Å². The number of para-hydroxylation sites is 1. The molecular formula is C20H25F3N4O3. The van der Waals surface area contributed by atoms with Gasteiger partial charge in [-0.25, -0.2) is 4.79 Å². The van der Waals surface area contributed by atoms with Crippen molar-refractivity contribution >= 4 is 23.4 Å². The molecule has 0 aliphatic rings. The second-order valence-electron chi connectivity index (χ2n) is 6.83. The third-order valence-corrected chi connectivity index (χ3v) is 4.27. The smallest absolute Gasteiger partial charge is 0.360 e. The highest BCUT2D eigenvalue weighted by Gasteiger charge is 2.34. The van der Waals surface area contributed by atoms with Crippen LogP contribution in [0, 0.1) is 6.92 Å². The molecule has 2 rings (SSSR count). The standard InChI is InChI=1S/C20H25F3N4O3/c1-3-4-5-8-11-27(13-18(28)25-17-12-14(2)30-26-17)19(29)24-16-10-7-6-9-15(16)20(21,22)23/h6-7,9-10,12H,3-5,8,11,13H2,1-2H3,(H,24,29)(H,25,26,28). The number of hydrogen-bond donors (Lipinski definition) is 2. The summed E-state index contributed by atoms with van der Waals surface area (Å²) >= 11 is 0. The molecule has 30 heavy (non-hydrogen) atoms. The maximum absolute atomic E-state index is 13.2. The third-order valence-electron chi connectivity index (χ3n) is 4.27. The lowest BCUT2D eigenvalue weighted by Gasteiger charge is -2.23. The number of carbonyl (C=O) groups is 2. The van der Waals surface area contributed by atoms with Gasteiger partial charge in [-0.15, -0.1) is 0 Å². The van der Waals surface area contributed by atoms with Crippen molar-refractivity contribution in [1.29, 1.82) is 0 Å². The minimum atomic E-state index is -4.61. The van der Waals surface area contributed by atoms with E-state index in [1.54, 1.807) is 6.92 Å². The van der Waals surface area contributed by atoms with E-state index < -0.39 is 23.7 Å². The Morgan fingerprint density at radius 3 is 2.50 bits per heavy atom. The molecule has 0 unspecified atom stereocenters. The first kappa shape index (κ1) is 23.2. The Balaban J connectivity index is 2.09. The molecule has 2 aromatic rings. The highest BCUT2D eigenvalue weighted by Crippen LogP contribution is 2.34. The molecule has 1 heterocycles. The van der Waals surface area contributed by atoms with Gasteiger partial charge in [0.15, 0.2) is 5.82 Å². The number of urea groups is 1. The van der Waals surface area contributed by atoms with Crippen LogP contribution >= 0.6 is 0 Å². The Morgan fingerprint density at radius 1 is 1.13 bits per heavy atom. The van der Waals surface area contributed by atoms with Gasteiger partial charge in [-0.2, -0.15) is 13.2 Å². The van der Waals surface area contributed by atoms with Crippen molar-refractivity contribution in [3.05, 3.63) is 41.7 Å². The van der Waals surface area contributed by atoms with Crippen molar-refractivity contribution < 1.29 is 27.3 Å². The average molecular weight is 426 g/mol. The van der Waals surface area contributed by atoms with Crippen LogP contribution in [0.25, 0.3) is 0 Å². The Morgan fingerprint density at radius 2 is 1.87 bits per heavy atom. The van der Waals surface area contributed by atoms with Gasteiger partial charge in [0.05, 0.1) is 11.3 Å². The van der Waals surface area contributed by atoms with E-state index in [-0.39, 0.29) is 24.6 Å². The fourth-order valence-electron chi connectivity index (χ4n) is 2.80. The number of anilines is 2. The second kappa shape index (κ2) is 10.7. The zero-order chi connectivity index (χ0) is 22.1. The maximum atomic E-state index is 13.2. The van der Waals surface area contributed by atoms with Crippen molar-refractivity contribution in [2.24, 2.45) is 0 Å². The van der Waals surface area contributed by atoms with Gasteiger partial charge in [0.1, 0.15) is 12.3 Å². The van der Waals surface area contributed by atoms with Crippen molar-refractivity contribution in [1.82, 2.24) is 10.1 Å². The van der Waals surface area contributed by atoms with Crippen molar-refractivity contribution in [3.63, 3.8) is 0 Å². The quantitative estimate of drug-likeness (QED) is 0.549. The van der Waals surface area contributed by atoms with Gasteiger partial charge < -0.3 is 20.1 Å². The number of aryl methyl sites for hydroxylation is 1. The molecule has 0 bridgehead atoms. The van der Waals surface area contributed by atoms with E-state index in [4.69, 9.17) is 4.52 Å². The normalized spacial score (nSPS) is 11.2. The SMILES string of the molecule is CCCCCCN(CC(=O)Nc1cc(C)on1)C(=O)Nc1ccccc1C(F)(F)F. The highest BCUT2D eigenvalue weighted by atomic mass is 19.4. The van der Waals surface area contributed by atoms with Gasteiger partial charge in [-0.3, -0.25) is 4.79 Å². The molecule has 164 valence electrons. The van der Waals surface area contributed by atoms with E-state index in [1.165, 1.54) is 29.2 Å². The predicted octanol–water partition coefficient (Wildman–Crippen LogP) is 5.05. The molecule has 0 atom stereocenters. The lowest BCUT2D eigenvalue weighted by atomic mass is 10.1. The molecule has 1 aromatic heterocycles. The molecule has 0 aliphatic heterocycles. The summed E-state index contributed by atoms with van der Waals surface area (Å²) in [5.74, 6) is 0.174. The number of alkyl halides is 3. The van der Waals surface area contributed by atoms with Crippen LogP contribution < -0.4 is 10.6 Å². The maximum Gasteiger partial charge on any atom is 0.418 e. The first-order chi connectivity index (χ1) is 14.2. The lowest BCUT2D eigenvalue weighted by Crippen LogP contribution is -2.41. The highest BCUT2D eigenvalue weighted by molar-refractivity contribution is 5.96. The molecule has 0 saturated carbocycles. The molecule has 0 saturated heterocycles. The molecule has 3 amide bonds. The van der Waals surface area contributed by atoms with Crippen LogP contribution in [0.4, 0.5) is 29.5 Å². The molecule has 10 heteroatoms. The Hall–Kier alpha value is -3.04. The van der Waals surface area contributed by atoms with Crippen LogP contribution in [0.2, 0.25) is 0 Å². The van der Waals surface area contributed by atoms with Gasteiger partial charge in [-0.05, 0) is 25.5 Å². The van der Waals surface area contributed by atoms with Crippen molar-refractivity contribution in [3.8, 4) is 0 Å². The number of unbranched alkanes of at least 4 members (excludes halogenated alkanes) is 3. The van der Waals surface area contributed by atoms with Crippen LogP contribution in [-0.4, -0.2) is 35.1 Å². The average Bonchev–Trinajstić information content (AvgIpc) is 3.08. The number of amides is 3. The van der Waals surface area contributed by atoms with Gasteiger partial charge in [0.2, 0.25) is 5.91 Å². The van der Waals surface area contributed by atoms with Gasteiger partial charge in [0, 0.05) is 12.6 Å². The minimum Gasteiger partial charge on any atom is -0.360 e. The predicted molar refractivity (Wildman–Crippen MR) is 106 cm³/mol. The van der Waals surface area contributed by atoms with Gasteiger partial charge in [-0.1, -0.05) is 43.5 Å². The summed E-state index contributed by atoms with van der Waals surface area (Å²) in [4.78, 5) is 26.2. The summed E-state index contributed by atoms with van der Waals surface area (Å²) in [6.07, 6.45) is -1.21. The summed E-state index contributed by atoms with van der Waals surface area (Å²) in [6, 6.07) is 5.44. The van der Waals surface area contributed by atoms with Gasteiger partial charge >= 0.3 is 12.2 Å². The van der Waals surface area contributed by atoms with E-state index in [0.717, 1.165) is 25.3 Å². The number of hydrogen-bond acceptors (Lipinski definition) is 4. The fourth-order valence-corrected chi connectivity index (χ4v) is 2.80. The summed E-state index contributed by atoms with van der Waals surface area (Å²) in [5.41, 5.74) is -1.31. The Kier molecular flexibility index (Phi) is 8.25. The molecule has 0 radical (unpaired) electrons. The molecule has 7 nitrogen and oxygen atoms in total. The van der Waals surface area contributed by atoms with Crippen molar-refractivity contribution in [2.75, 3.05) is 23.7 Å². The Bertz CT molecular complexity index is 852. The van der Waals surface area contributed by atoms with E-state index in [1.807, 2.05) is 6.92 Å². The topological polar surface area (TPSA) is 87.5 Å². The summed E-state index contributed by atoms with van der Waals surface area (Å²) in [6.45, 7) is 3.59. The summed E-state index contributed by atoms with van der Waals surface area (Å²) in [7, 11) is 0. The largest absolute Gasteiger partial charge is 0.418 e. The van der Waals surface area contributed by atoms with E-state index >= 15 is 0 Å². The minimum absolute atomic E-state index is 0.200. The number of nitrogens with one attached hydrogen (secondary N) is 2. The zero-order valence-corrected chi connectivity index (χ0v) is 16.9. The number of carbonyl (C=O) groups excluding carboxylic acids is 2. The van der Waals surface area contributed by atoms with E-state index in [2.05, 4.69) is 15.8 Å². The third kappa shape index (κ3) is 7.09. The molecule has 1 aromatic carbocycles. The summed E-state index contributed by atoms with van der Waals surface area (Å²) < 4.78 is 44.5. The van der Waals surface area contributed by atoms with Gasteiger partial charge in [0.25, 0.3) is 0 Å². The second-order valence-corrected chi connectivity index (χ2v) is 6.83.